The number of nitrogens with zero attached hydrogens (tertiary/aromatic N) is 3. The molecular formula is C13H17N3O2. The smallest absolute Gasteiger partial charge is 0.334 e. The van der Waals surface area contributed by atoms with Gasteiger partial charge in [0.25, 0.3) is 0 Å². The Balaban J connectivity index is 1.58. The average Bonchev–Trinajstić information content (AvgIpc) is 3.16. The van der Waals surface area contributed by atoms with Gasteiger partial charge in [0.15, 0.2) is 12.4 Å². The van der Waals surface area contributed by atoms with Gasteiger partial charge in [0.2, 0.25) is 0 Å². The van der Waals surface area contributed by atoms with Crippen LogP contribution in [0.1, 0.15) is 50.4 Å². The van der Waals surface area contributed by atoms with Crippen LogP contribution < -0.4 is 0 Å². The molecule has 1 aromatic heterocycles. The largest absolute Gasteiger partial charge is 0.454 e. The molecule has 96 valence electrons. The molecule has 2 aliphatic carbocycles. The van der Waals surface area contributed by atoms with E-state index in [-0.39, 0.29) is 12.6 Å². The molecule has 0 bridgehead atoms. The third kappa shape index (κ3) is 2.44. The zero-order valence-electron chi connectivity index (χ0n) is 10.3. The highest BCUT2D eigenvalue weighted by molar-refractivity contribution is 5.88. The summed E-state index contributed by atoms with van der Waals surface area (Å²) < 4.78 is 7.33. The van der Waals surface area contributed by atoms with Crippen LogP contribution in [0.3, 0.4) is 0 Å². The minimum absolute atomic E-state index is 0.194. The molecule has 5 nitrogen and oxygen atoms in total. The predicted molar refractivity (Wildman–Crippen MR) is 64.6 cm³/mol. The number of carbonyl (C=O) groups excluding carboxylic acids is 1. The van der Waals surface area contributed by atoms with Crippen molar-refractivity contribution in [3.63, 3.8) is 0 Å². The van der Waals surface area contributed by atoms with E-state index in [0.29, 0.717) is 6.04 Å². The van der Waals surface area contributed by atoms with Crippen molar-refractivity contribution in [2.24, 2.45) is 0 Å². The van der Waals surface area contributed by atoms with Crippen molar-refractivity contribution >= 4 is 5.97 Å². The highest BCUT2D eigenvalue weighted by Gasteiger charge is 2.26. The maximum atomic E-state index is 11.8. The highest BCUT2D eigenvalue weighted by Crippen LogP contribution is 2.35. The quantitative estimate of drug-likeness (QED) is 0.765. The Morgan fingerprint density at radius 3 is 3.06 bits per heavy atom. The second-order valence-electron chi connectivity index (χ2n) is 4.94. The van der Waals surface area contributed by atoms with Crippen LogP contribution >= 0.6 is 0 Å². The molecule has 1 fully saturated rings. The molecule has 0 spiro atoms. The van der Waals surface area contributed by atoms with Crippen molar-refractivity contribution in [1.29, 1.82) is 0 Å². The number of allylic oxidation sites excluding steroid dienone is 1. The van der Waals surface area contributed by atoms with Gasteiger partial charge in [-0.2, -0.15) is 0 Å². The number of hydrogen-bond acceptors (Lipinski definition) is 4. The molecule has 1 heterocycles. The summed E-state index contributed by atoms with van der Waals surface area (Å²) in [7, 11) is 0. The summed E-state index contributed by atoms with van der Waals surface area (Å²) in [6, 6.07) is 0.516. The number of ether oxygens (including phenoxy) is 1. The van der Waals surface area contributed by atoms with E-state index in [2.05, 4.69) is 10.2 Å². The lowest BCUT2D eigenvalue weighted by atomic mass is 10.00. The fourth-order valence-corrected chi connectivity index (χ4v) is 2.27. The monoisotopic (exact) mass is 247 g/mol. The molecule has 0 unspecified atom stereocenters. The number of aromatic nitrogens is 3. The molecule has 1 aromatic rings. The predicted octanol–water partition coefficient (Wildman–Crippen LogP) is 2.16. The van der Waals surface area contributed by atoms with E-state index in [4.69, 9.17) is 4.74 Å². The fraction of sp³-hybridized carbons (Fsp3) is 0.615. The molecule has 1 saturated carbocycles. The second-order valence-corrected chi connectivity index (χ2v) is 4.94. The van der Waals surface area contributed by atoms with Crippen molar-refractivity contribution in [2.75, 3.05) is 0 Å². The Hall–Kier alpha value is -1.65. The van der Waals surface area contributed by atoms with E-state index in [9.17, 15) is 4.79 Å². The minimum atomic E-state index is -0.194. The molecule has 3 rings (SSSR count). The Morgan fingerprint density at radius 1 is 1.44 bits per heavy atom. The molecule has 18 heavy (non-hydrogen) atoms. The third-order valence-electron chi connectivity index (χ3n) is 3.47. The van der Waals surface area contributed by atoms with E-state index in [1.54, 1.807) is 6.33 Å². The van der Waals surface area contributed by atoms with E-state index in [1.807, 2.05) is 10.6 Å². The first-order valence-electron chi connectivity index (χ1n) is 6.59. The van der Waals surface area contributed by atoms with E-state index < -0.39 is 0 Å². The molecule has 0 aliphatic heterocycles. The van der Waals surface area contributed by atoms with Crippen molar-refractivity contribution in [2.45, 2.75) is 51.2 Å². The van der Waals surface area contributed by atoms with Gasteiger partial charge in [-0.15, -0.1) is 10.2 Å². The molecule has 2 aliphatic rings. The fourth-order valence-electron chi connectivity index (χ4n) is 2.27. The minimum Gasteiger partial charge on any atom is -0.454 e. The molecular weight excluding hydrogens is 230 g/mol. The summed E-state index contributed by atoms with van der Waals surface area (Å²) in [5, 5.41) is 7.89. The van der Waals surface area contributed by atoms with Crippen LogP contribution in [0.4, 0.5) is 0 Å². The van der Waals surface area contributed by atoms with Crippen LogP contribution in [0.2, 0.25) is 0 Å². The standard InChI is InChI=1S/C13H17N3O2/c17-13(10-4-2-1-3-5-10)18-8-12-15-14-9-16(12)11-6-7-11/h4,9,11H,1-3,5-8H2. The zero-order chi connectivity index (χ0) is 12.4. The van der Waals surface area contributed by atoms with Crippen LogP contribution in [0.15, 0.2) is 18.0 Å². The summed E-state index contributed by atoms with van der Waals surface area (Å²) in [6.07, 6.45) is 10.1. The number of rotatable bonds is 4. The Bertz CT molecular complexity index is 474. The van der Waals surface area contributed by atoms with Gasteiger partial charge in [0.05, 0.1) is 0 Å². The van der Waals surface area contributed by atoms with E-state index in [0.717, 1.165) is 30.7 Å². The Kier molecular flexibility index (Phi) is 3.13. The lowest BCUT2D eigenvalue weighted by Gasteiger charge is -2.12. The molecule has 0 saturated heterocycles. The topological polar surface area (TPSA) is 57.0 Å². The third-order valence-corrected chi connectivity index (χ3v) is 3.47. The molecule has 0 atom stereocenters. The van der Waals surface area contributed by atoms with Crippen LogP contribution in [0.25, 0.3) is 0 Å². The summed E-state index contributed by atoms with van der Waals surface area (Å²) in [5.74, 6) is 0.558. The molecule has 0 N–H and O–H groups in total. The Labute approximate surface area is 106 Å². The normalized spacial score (nSPS) is 19.4. The van der Waals surface area contributed by atoms with Crippen LogP contribution in [0.5, 0.6) is 0 Å². The summed E-state index contributed by atoms with van der Waals surface area (Å²) in [4.78, 5) is 11.8. The number of hydrogen-bond donors (Lipinski definition) is 0. The van der Waals surface area contributed by atoms with Crippen LogP contribution in [-0.2, 0) is 16.1 Å². The van der Waals surface area contributed by atoms with E-state index >= 15 is 0 Å². The van der Waals surface area contributed by atoms with Gasteiger partial charge in [-0.1, -0.05) is 6.08 Å². The van der Waals surface area contributed by atoms with Gasteiger partial charge in [-0.25, -0.2) is 4.79 Å². The molecule has 5 heteroatoms. The second kappa shape index (κ2) is 4.92. The van der Waals surface area contributed by atoms with Gasteiger partial charge in [0, 0.05) is 11.6 Å². The first-order chi connectivity index (χ1) is 8.84. The van der Waals surface area contributed by atoms with Gasteiger partial charge >= 0.3 is 5.97 Å². The average molecular weight is 247 g/mol. The molecule has 0 radical (unpaired) electrons. The zero-order valence-corrected chi connectivity index (χ0v) is 10.3. The van der Waals surface area contributed by atoms with Gasteiger partial charge in [0.1, 0.15) is 6.33 Å². The SMILES string of the molecule is O=C(OCc1nncn1C1CC1)C1=CCCCC1. The van der Waals surface area contributed by atoms with Crippen molar-refractivity contribution < 1.29 is 9.53 Å². The first-order valence-corrected chi connectivity index (χ1v) is 6.59. The molecule has 0 amide bonds. The summed E-state index contributed by atoms with van der Waals surface area (Å²) in [5.41, 5.74) is 0.818. The van der Waals surface area contributed by atoms with Gasteiger partial charge < -0.3 is 9.30 Å². The lowest BCUT2D eigenvalue weighted by Crippen LogP contribution is -2.12. The van der Waals surface area contributed by atoms with Crippen LogP contribution in [-0.4, -0.2) is 20.7 Å². The van der Waals surface area contributed by atoms with Crippen molar-refractivity contribution in [3.8, 4) is 0 Å². The molecule has 0 aromatic carbocycles. The summed E-state index contributed by atoms with van der Waals surface area (Å²) in [6.45, 7) is 0.229. The summed E-state index contributed by atoms with van der Waals surface area (Å²) >= 11 is 0. The first kappa shape index (κ1) is 11.4. The van der Waals surface area contributed by atoms with Crippen LogP contribution in [0, 0.1) is 0 Å². The number of esters is 1. The maximum Gasteiger partial charge on any atom is 0.334 e. The van der Waals surface area contributed by atoms with Gasteiger partial charge in [-0.05, 0) is 38.5 Å². The highest BCUT2D eigenvalue weighted by atomic mass is 16.5. The Morgan fingerprint density at radius 2 is 2.33 bits per heavy atom. The van der Waals surface area contributed by atoms with Crippen molar-refractivity contribution in [1.82, 2.24) is 14.8 Å². The lowest BCUT2D eigenvalue weighted by molar-refractivity contribution is -0.140. The van der Waals surface area contributed by atoms with E-state index in [1.165, 1.54) is 19.3 Å². The van der Waals surface area contributed by atoms with Gasteiger partial charge in [-0.3, -0.25) is 0 Å². The number of carbonyl (C=O) groups is 1. The maximum absolute atomic E-state index is 11.8. The van der Waals surface area contributed by atoms with Crippen molar-refractivity contribution in [3.05, 3.63) is 23.8 Å².